The van der Waals surface area contributed by atoms with E-state index in [0.29, 0.717) is 13.1 Å². The molecule has 2 unspecified atom stereocenters. The molecule has 0 bridgehead atoms. The number of amides is 1. The molecule has 0 radical (unpaired) electrons. The van der Waals surface area contributed by atoms with Crippen molar-refractivity contribution in [2.45, 2.75) is 26.4 Å². The molecule has 154 valence electrons. The number of carbonyl (C=O) groups excluding carboxylic acids is 1. The molecule has 0 aliphatic rings. The first kappa shape index (κ1) is 20.9. The van der Waals surface area contributed by atoms with Crippen LogP contribution in [0, 0.1) is 5.41 Å². The van der Waals surface area contributed by atoms with Crippen LogP contribution in [0.4, 0.5) is 0 Å². The molecule has 0 saturated heterocycles. The Balaban J connectivity index is 1.66. The van der Waals surface area contributed by atoms with Crippen LogP contribution in [0.3, 0.4) is 0 Å². The van der Waals surface area contributed by atoms with Crippen LogP contribution >= 0.6 is 0 Å². The maximum atomic E-state index is 11.9. The molecule has 2 aromatic heterocycles. The molecule has 2 atom stereocenters. The summed E-state index contributed by atoms with van der Waals surface area (Å²) in [4.78, 5) is 16.3. The number of hydrogen-bond acceptors (Lipinski definition) is 6. The zero-order chi connectivity index (χ0) is 20.9. The number of aromatic nitrogens is 4. The molecule has 3 aromatic rings. The van der Waals surface area contributed by atoms with E-state index in [0.717, 1.165) is 11.3 Å². The summed E-state index contributed by atoms with van der Waals surface area (Å²) in [5.41, 5.74) is 3.04. The van der Waals surface area contributed by atoms with Gasteiger partial charge in [-0.2, -0.15) is 5.10 Å². The van der Waals surface area contributed by atoms with E-state index in [1.807, 2.05) is 41.1 Å². The third-order valence-electron chi connectivity index (χ3n) is 4.75. The van der Waals surface area contributed by atoms with Gasteiger partial charge in [0.1, 0.15) is 0 Å². The predicted molar refractivity (Wildman–Crippen MR) is 105 cm³/mol. The van der Waals surface area contributed by atoms with E-state index in [-0.39, 0.29) is 6.42 Å². The van der Waals surface area contributed by atoms with Crippen LogP contribution in [-0.4, -0.2) is 45.0 Å². The van der Waals surface area contributed by atoms with Gasteiger partial charge in [0.2, 0.25) is 5.91 Å². The highest BCUT2D eigenvalue weighted by Gasteiger charge is 2.33. The number of nitrogens with zero attached hydrogens (tertiary/aromatic N) is 4. The van der Waals surface area contributed by atoms with Crippen molar-refractivity contribution in [3.8, 4) is 11.3 Å². The van der Waals surface area contributed by atoms with E-state index in [1.165, 1.54) is 12.5 Å². The van der Waals surface area contributed by atoms with Crippen molar-refractivity contribution >= 4 is 17.0 Å². The van der Waals surface area contributed by atoms with Crippen molar-refractivity contribution in [2.75, 3.05) is 5.75 Å². The largest absolute Gasteiger partial charge is 0.772 e. The fourth-order valence-corrected chi connectivity index (χ4v) is 3.81. The van der Waals surface area contributed by atoms with E-state index >= 15 is 0 Å². The van der Waals surface area contributed by atoms with Crippen LogP contribution in [0.15, 0.2) is 55.2 Å². The van der Waals surface area contributed by atoms with E-state index in [9.17, 15) is 13.6 Å². The van der Waals surface area contributed by atoms with Gasteiger partial charge >= 0.3 is 0 Å². The molecule has 9 nitrogen and oxygen atoms in total. The molecule has 29 heavy (non-hydrogen) atoms. The van der Waals surface area contributed by atoms with Gasteiger partial charge in [0, 0.05) is 36.8 Å². The Morgan fingerprint density at radius 3 is 2.76 bits per heavy atom. The highest BCUT2D eigenvalue weighted by molar-refractivity contribution is 7.79. The van der Waals surface area contributed by atoms with E-state index < -0.39 is 28.2 Å². The van der Waals surface area contributed by atoms with Gasteiger partial charge in [-0.15, -0.1) is 0 Å². The molecule has 3 rings (SSSR count). The monoisotopic (exact) mass is 416 g/mol. The van der Waals surface area contributed by atoms with Gasteiger partial charge in [0.05, 0.1) is 23.6 Å². The molecule has 2 heterocycles. The minimum Gasteiger partial charge on any atom is -0.772 e. The third kappa shape index (κ3) is 5.37. The van der Waals surface area contributed by atoms with Crippen LogP contribution in [0.2, 0.25) is 0 Å². The topological polar surface area (TPSA) is 125 Å². The van der Waals surface area contributed by atoms with Crippen molar-refractivity contribution in [1.29, 1.82) is 0 Å². The minimum atomic E-state index is -2.42. The molecule has 0 fully saturated rings. The maximum absolute atomic E-state index is 11.9. The first-order valence-corrected chi connectivity index (χ1v) is 10.2. The summed E-state index contributed by atoms with van der Waals surface area (Å²) in [5, 5.41) is 13.2. The molecule has 0 spiro atoms. The van der Waals surface area contributed by atoms with Gasteiger partial charge in [-0.3, -0.25) is 18.9 Å². The summed E-state index contributed by atoms with van der Waals surface area (Å²) >= 11 is -2.42. The van der Waals surface area contributed by atoms with Gasteiger partial charge in [-0.05, 0) is 18.9 Å². The Morgan fingerprint density at radius 1 is 1.31 bits per heavy atom. The molecule has 0 aliphatic heterocycles. The predicted octanol–water partition coefficient (Wildman–Crippen LogP) is 1.58. The maximum Gasteiger partial charge on any atom is 0.250 e. The Morgan fingerprint density at radius 2 is 2.07 bits per heavy atom. The van der Waals surface area contributed by atoms with Gasteiger partial charge < -0.3 is 9.12 Å². The Bertz CT molecular complexity index is 987. The number of rotatable bonds is 9. The van der Waals surface area contributed by atoms with E-state index in [2.05, 4.69) is 10.1 Å². The molecule has 10 heteroatoms. The second kappa shape index (κ2) is 9.12. The standard InChI is InChI=1S/C19H23N5O4S/c1-19(13-29(27)28,18(25)22-26)7-8-24-11-16(9-21-24)17-12-23(14-20-17)10-15-5-3-2-4-6-15/h2-6,9,11-12,14,26H,7-8,10,13H2,1H3,(H,22,25)(H,27,28)/p-1. The van der Waals surface area contributed by atoms with Crippen molar-refractivity contribution < 1.29 is 18.8 Å². The third-order valence-corrected chi connectivity index (χ3v) is 5.62. The Kier molecular flexibility index (Phi) is 6.57. The number of benzene rings is 1. The number of hydrogen-bond donors (Lipinski definition) is 2. The number of nitrogens with one attached hydrogen (secondary N) is 1. The second-order valence-electron chi connectivity index (χ2n) is 7.11. The molecular weight excluding hydrogens is 394 g/mol. The summed E-state index contributed by atoms with van der Waals surface area (Å²) in [5.74, 6) is -1.13. The zero-order valence-corrected chi connectivity index (χ0v) is 16.7. The minimum absolute atomic E-state index is 0.191. The van der Waals surface area contributed by atoms with Crippen LogP contribution in [0.25, 0.3) is 11.3 Å². The average Bonchev–Trinajstić information content (AvgIpc) is 3.35. The van der Waals surface area contributed by atoms with Gasteiger partial charge in [-0.25, -0.2) is 10.5 Å². The summed E-state index contributed by atoms with van der Waals surface area (Å²) in [7, 11) is 0. The highest BCUT2D eigenvalue weighted by atomic mass is 32.2. The first-order chi connectivity index (χ1) is 13.9. The van der Waals surface area contributed by atoms with Crippen molar-refractivity contribution in [2.24, 2.45) is 5.41 Å². The lowest BCUT2D eigenvalue weighted by Crippen LogP contribution is -2.42. The van der Waals surface area contributed by atoms with Crippen LogP contribution in [0.5, 0.6) is 0 Å². The summed E-state index contributed by atoms with van der Waals surface area (Å²) in [6.45, 7) is 2.51. The second-order valence-corrected chi connectivity index (χ2v) is 8.00. The van der Waals surface area contributed by atoms with Crippen LogP contribution in [0.1, 0.15) is 18.9 Å². The van der Waals surface area contributed by atoms with Gasteiger partial charge in [0.25, 0.3) is 0 Å². The lowest BCUT2D eigenvalue weighted by Gasteiger charge is -2.27. The molecule has 0 saturated carbocycles. The first-order valence-electron chi connectivity index (χ1n) is 8.98. The Hall–Kier alpha value is -2.82. The number of carbonyl (C=O) groups is 1. The number of aryl methyl sites for hydroxylation is 1. The van der Waals surface area contributed by atoms with Crippen molar-refractivity contribution in [3.63, 3.8) is 0 Å². The fraction of sp³-hybridized carbons (Fsp3) is 0.316. The van der Waals surface area contributed by atoms with E-state index in [1.54, 1.807) is 28.9 Å². The summed E-state index contributed by atoms with van der Waals surface area (Å²) < 4.78 is 25.8. The smallest absolute Gasteiger partial charge is 0.250 e. The van der Waals surface area contributed by atoms with Crippen molar-refractivity contribution in [3.05, 3.63) is 60.8 Å². The molecule has 1 amide bonds. The lowest BCUT2D eigenvalue weighted by molar-refractivity contribution is -0.138. The Labute approximate surface area is 170 Å². The highest BCUT2D eigenvalue weighted by Crippen LogP contribution is 2.24. The van der Waals surface area contributed by atoms with Crippen LogP contribution in [-0.2, 0) is 29.0 Å². The molecule has 1 aromatic carbocycles. The molecule has 0 aliphatic carbocycles. The molecule has 2 N–H and O–H groups in total. The summed E-state index contributed by atoms with van der Waals surface area (Å²) in [6.07, 6.45) is 7.34. The summed E-state index contributed by atoms with van der Waals surface area (Å²) in [6, 6.07) is 10.0. The SMILES string of the molecule is CC(CCn1cc(-c2cn(Cc3ccccc3)cn2)cn1)(CS(=O)[O-])C(=O)NO. The normalized spacial score (nSPS) is 14.3. The van der Waals surface area contributed by atoms with Crippen molar-refractivity contribution in [1.82, 2.24) is 24.8 Å². The zero-order valence-electron chi connectivity index (χ0n) is 15.9. The van der Waals surface area contributed by atoms with Crippen LogP contribution < -0.4 is 5.48 Å². The van der Waals surface area contributed by atoms with E-state index in [4.69, 9.17) is 5.21 Å². The fourth-order valence-electron chi connectivity index (χ4n) is 3.02. The average molecular weight is 416 g/mol. The van der Waals surface area contributed by atoms with Gasteiger partial charge in [-0.1, -0.05) is 41.4 Å². The van der Waals surface area contributed by atoms with Gasteiger partial charge in [0.15, 0.2) is 0 Å². The number of hydroxylamine groups is 1. The number of imidazole rings is 1. The lowest BCUT2D eigenvalue weighted by atomic mass is 9.88. The molecular formula is C19H22N5O4S-. The quantitative estimate of drug-likeness (QED) is 0.310.